The van der Waals surface area contributed by atoms with E-state index in [4.69, 9.17) is 9.47 Å². The van der Waals surface area contributed by atoms with Crippen molar-refractivity contribution in [3.05, 3.63) is 64.7 Å². The molecule has 1 atom stereocenters. The molecule has 0 spiro atoms. The molecule has 0 aliphatic rings. The number of pyridine rings is 2. The molecule has 0 bridgehead atoms. The van der Waals surface area contributed by atoms with Gasteiger partial charge in [0, 0.05) is 23.6 Å². The van der Waals surface area contributed by atoms with E-state index in [1.54, 1.807) is 25.4 Å². The molecule has 0 saturated carbocycles. The minimum Gasteiger partial charge on any atom is -0.493 e. The van der Waals surface area contributed by atoms with E-state index in [0.717, 1.165) is 11.1 Å². The molecule has 3 rings (SSSR count). The van der Waals surface area contributed by atoms with Gasteiger partial charge in [0.05, 0.1) is 31.5 Å². The number of hydrogen-bond donors (Lipinski definition) is 2. The highest BCUT2D eigenvalue weighted by Crippen LogP contribution is 2.34. The smallest absolute Gasteiger partial charge is 0.248 e. The molecule has 1 unspecified atom stereocenters. The van der Waals surface area contributed by atoms with E-state index < -0.39 is 0 Å². The van der Waals surface area contributed by atoms with Gasteiger partial charge < -0.3 is 19.8 Å². The number of aromatic amines is 1. The zero-order chi connectivity index (χ0) is 20.6. The van der Waals surface area contributed by atoms with Crippen molar-refractivity contribution in [3.63, 3.8) is 0 Å². The minimum absolute atomic E-state index is 0.0277. The summed E-state index contributed by atoms with van der Waals surface area (Å²) in [6.45, 7) is 2.69. The second-order valence-electron chi connectivity index (χ2n) is 6.66. The van der Waals surface area contributed by atoms with Crippen LogP contribution in [0.1, 0.15) is 25.5 Å². The molecule has 1 amide bonds. The summed E-state index contributed by atoms with van der Waals surface area (Å²) in [7, 11) is 1.55. The number of hydrogen-bond acceptors (Lipinski definition) is 5. The van der Waals surface area contributed by atoms with Gasteiger partial charge in [0.1, 0.15) is 0 Å². The van der Waals surface area contributed by atoms with Crippen LogP contribution >= 0.6 is 0 Å². The molecule has 0 saturated heterocycles. The van der Waals surface area contributed by atoms with E-state index in [1.807, 2.05) is 31.2 Å². The summed E-state index contributed by atoms with van der Waals surface area (Å²) in [6.07, 6.45) is 2.94. The fraction of sp³-hybridized carbons (Fsp3) is 0.318. The number of carbonyl (C=O) groups excluding carboxylic acids is 1. The van der Waals surface area contributed by atoms with Crippen LogP contribution in [0.25, 0.3) is 10.9 Å². The highest BCUT2D eigenvalue weighted by Gasteiger charge is 2.18. The van der Waals surface area contributed by atoms with Gasteiger partial charge in [-0.1, -0.05) is 13.0 Å². The van der Waals surface area contributed by atoms with Crippen LogP contribution in [-0.2, 0) is 11.3 Å². The molecule has 2 aromatic heterocycles. The van der Waals surface area contributed by atoms with Crippen molar-refractivity contribution in [1.82, 2.24) is 15.3 Å². The lowest BCUT2D eigenvalue weighted by Gasteiger charge is -2.17. The number of H-pyrrole nitrogens is 1. The van der Waals surface area contributed by atoms with Crippen LogP contribution in [0.4, 0.5) is 0 Å². The normalized spacial score (nSPS) is 11.8. The molecule has 0 radical (unpaired) electrons. The van der Waals surface area contributed by atoms with Gasteiger partial charge in [0.15, 0.2) is 11.5 Å². The van der Waals surface area contributed by atoms with Crippen molar-refractivity contribution in [2.24, 2.45) is 5.92 Å². The maximum Gasteiger partial charge on any atom is 0.248 e. The molecular weight excluding hydrogens is 370 g/mol. The average molecular weight is 395 g/mol. The number of fused-ring (bicyclic) bond motifs is 1. The second kappa shape index (κ2) is 9.73. The highest BCUT2D eigenvalue weighted by atomic mass is 16.5. The number of carbonyl (C=O) groups is 1. The van der Waals surface area contributed by atoms with Crippen LogP contribution in [0.3, 0.4) is 0 Å². The lowest BCUT2D eigenvalue weighted by molar-refractivity contribution is -0.125. The number of rotatable bonds is 9. The zero-order valence-corrected chi connectivity index (χ0v) is 16.6. The number of methoxy groups -OCH3 is 1. The van der Waals surface area contributed by atoms with Gasteiger partial charge in [-0.2, -0.15) is 0 Å². The van der Waals surface area contributed by atoms with Crippen LogP contribution in [0.15, 0.2) is 53.5 Å². The fourth-order valence-corrected chi connectivity index (χ4v) is 3.13. The topological polar surface area (TPSA) is 93.3 Å². The predicted octanol–water partition coefficient (Wildman–Crippen LogP) is 3.04. The van der Waals surface area contributed by atoms with Gasteiger partial charge in [-0.25, -0.2) is 0 Å². The van der Waals surface area contributed by atoms with Crippen LogP contribution in [-0.4, -0.2) is 29.6 Å². The molecular formula is C22H25N3O4. The molecule has 7 heteroatoms. The monoisotopic (exact) mass is 395 g/mol. The lowest BCUT2D eigenvalue weighted by Crippen LogP contribution is -2.31. The Morgan fingerprint density at radius 3 is 2.76 bits per heavy atom. The van der Waals surface area contributed by atoms with Gasteiger partial charge in [-0.15, -0.1) is 0 Å². The molecule has 0 fully saturated rings. The Kier molecular flexibility index (Phi) is 6.84. The fourth-order valence-electron chi connectivity index (χ4n) is 3.13. The van der Waals surface area contributed by atoms with Crippen molar-refractivity contribution in [3.8, 4) is 11.5 Å². The maximum atomic E-state index is 12.5. The van der Waals surface area contributed by atoms with Crippen molar-refractivity contribution >= 4 is 16.8 Å². The largest absolute Gasteiger partial charge is 0.493 e. The number of aromatic nitrogens is 2. The van der Waals surface area contributed by atoms with Crippen molar-refractivity contribution in [2.45, 2.75) is 26.3 Å². The highest BCUT2D eigenvalue weighted by molar-refractivity contribution is 5.87. The second-order valence-corrected chi connectivity index (χ2v) is 6.66. The third-order valence-electron chi connectivity index (χ3n) is 4.78. The molecule has 1 aromatic carbocycles. The van der Waals surface area contributed by atoms with E-state index in [9.17, 15) is 9.59 Å². The lowest BCUT2D eigenvalue weighted by atomic mass is 10.0. The van der Waals surface area contributed by atoms with E-state index in [2.05, 4.69) is 15.3 Å². The first-order valence-electron chi connectivity index (χ1n) is 9.62. The van der Waals surface area contributed by atoms with E-state index in [1.165, 1.54) is 6.07 Å². The number of ether oxygens (including phenoxy) is 2. The number of nitrogens with zero attached hydrogens (tertiary/aromatic N) is 1. The summed E-state index contributed by atoms with van der Waals surface area (Å²) >= 11 is 0. The Labute approximate surface area is 169 Å². The Bertz CT molecular complexity index is 1020. The molecule has 2 heterocycles. The first kappa shape index (κ1) is 20.4. The van der Waals surface area contributed by atoms with Crippen LogP contribution in [0.2, 0.25) is 0 Å². The SMILES string of the molecule is CCC(CCOc1c(OC)ccc2ccc(=O)[nH]c12)C(=O)NCc1ccccn1. The Hall–Kier alpha value is -3.35. The predicted molar refractivity (Wildman–Crippen MR) is 111 cm³/mol. The first-order chi connectivity index (χ1) is 14.1. The quantitative estimate of drug-likeness (QED) is 0.581. The minimum atomic E-state index is -0.212. The van der Waals surface area contributed by atoms with E-state index >= 15 is 0 Å². The number of benzene rings is 1. The molecule has 7 nitrogen and oxygen atoms in total. The molecule has 0 aliphatic heterocycles. The standard InChI is InChI=1S/C22H25N3O4/c1-3-15(22(27)24-14-17-6-4-5-12-23-17)11-13-29-21-18(28-2)9-7-16-8-10-19(26)25-20(16)21/h4-10,12,15H,3,11,13-14H2,1-2H3,(H,24,27)(H,25,26). The Balaban J connectivity index is 1.64. The summed E-state index contributed by atoms with van der Waals surface area (Å²) in [5.41, 5.74) is 1.19. The van der Waals surface area contributed by atoms with Crippen molar-refractivity contribution in [2.75, 3.05) is 13.7 Å². The zero-order valence-electron chi connectivity index (χ0n) is 16.6. The summed E-state index contributed by atoms with van der Waals surface area (Å²) in [5.74, 6) is 0.803. The molecule has 2 N–H and O–H groups in total. The molecule has 3 aromatic rings. The number of nitrogens with one attached hydrogen (secondary N) is 2. The van der Waals surface area contributed by atoms with Crippen LogP contribution in [0, 0.1) is 5.92 Å². The van der Waals surface area contributed by atoms with Crippen LogP contribution in [0.5, 0.6) is 11.5 Å². The maximum absolute atomic E-state index is 12.5. The third kappa shape index (κ3) is 5.13. The summed E-state index contributed by atoms with van der Waals surface area (Å²) in [4.78, 5) is 31.2. The van der Waals surface area contributed by atoms with Gasteiger partial charge in [0.2, 0.25) is 11.5 Å². The van der Waals surface area contributed by atoms with Crippen LogP contribution < -0.4 is 20.3 Å². The number of amides is 1. The van der Waals surface area contributed by atoms with E-state index in [-0.39, 0.29) is 17.4 Å². The average Bonchev–Trinajstić information content (AvgIpc) is 2.75. The van der Waals surface area contributed by atoms with Gasteiger partial charge in [-0.05, 0) is 43.2 Å². The van der Waals surface area contributed by atoms with Gasteiger partial charge in [0.25, 0.3) is 0 Å². The van der Waals surface area contributed by atoms with Crippen molar-refractivity contribution < 1.29 is 14.3 Å². The Morgan fingerprint density at radius 2 is 2.03 bits per heavy atom. The molecule has 29 heavy (non-hydrogen) atoms. The summed E-state index contributed by atoms with van der Waals surface area (Å²) in [5, 5.41) is 3.78. The summed E-state index contributed by atoms with van der Waals surface area (Å²) < 4.78 is 11.3. The van der Waals surface area contributed by atoms with Crippen molar-refractivity contribution in [1.29, 1.82) is 0 Å². The third-order valence-corrected chi connectivity index (χ3v) is 4.78. The Morgan fingerprint density at radius 1 is 1.21 bits per heavy atom. The molecule has 0 aliphatic carbocycles. The summed E-state index contributed by atoms with van der Waals surface area (Å²) in [6, 6.07) is 12.5. The van der Waals surface area contributed by atoms with Gasteiger partial charge >= 0.3 is 0 Å². The van der Waals surface area contributed by atoms with Gasteiger partial charge in [-0.3, -0.25) is 14.6 Å². The van der Waals surface area contributed by atoms with E-state index in [0.29, 0.717) is 43.0 Å². The first-order valence-corrected chi connectivity index (χ1v) is 9.62. The molecule has 152 valence electrons.